The second-order valence-corrected chi connectivity index (χ2v) is 9.21. The van der Waals surface area contributed by atoms with E-state index in [1.165, 1.54) is 0 Å². The van der Waals surface area contributed by atoms with Gasteiger partial charge in [0.15, 0.2) is 0 Å². The highest BCUT2D eigenvalue weighted by Crippen LogP contribution is 2.41. The van der Waals surface area contributed by atoms with Crippen LogP contribution in [0.5, 0.6) is 0 Å². The molecule has 34 heavy (non-hydrogen) atoms. The number of nitrogens with zero attached hydrogens (tertiary/aromatic N) is 3. The Hall–Kier alpha value is -3.94. The summed E-state index contributed by atoms with van der Waals surface area (Å²) in [5.74, 6) is 0.305. The summed E-state index contributed by atoms with van der Waals surface area (Å²) in [5.41, 5.74) is 3.21. The number of carbonyl (C=O) groups excluding carboxylic acids is 3. The van der Waals surface area contributed by atoms with E-state index in [1.807, 2.05) is 42.5 Å². The molecule has 3 aromatic rings. The molecule has 1 fully saturated rings. The number of aryl methyl sites for hydroxylation is 3. The number of urea groups is 1. The highest BCUT2D eigenvalue weighted by Gasteiger charge is 2.55. The normalized spacial score (nSPS) is 20.9. The van der Waals surface area contributed by atoms with Crippen LogP contribution in [0.3, 0.4) is 0 Å². The lowest BCUT2D eigenvalue weighted by Gasteiger charge is -2.22. The Kier molecular flexibility index (Phi) is 4.76. The first-order valence-corrected chi connectivity index (χ1v) is 11.7. The zero-order valence-corrected chi connectivity index (χ0v) is 18.7. The monoisotopic (exact) mass is 455 g/mol. The van der Waals surface area contributed by atoms with Crippen LogP contribution in [0, 0.1) is 0 Å². The summed E-state index contributed by atoms with van der Waals surface area (Å²) < 4.78 is 2.19. The maximum atomic E-state index is 13.3. The number of imidazole rings is 1. The van der Waals surface area contributed by atoms with Crippen molar-refractivity contribution in [3.63, 3.8) is 0 Å². The summed E-state index contributed by atoms with van der Waals surface area (Å²) in [4.78, 5) is 44.5. The molecule has 3 heterocycles. The lowest BCUT2D eigenvalue weighted by molar-refractivity contribution is -0.134. The molecule has 8 nitrogen and oxygen atoms in total. The number of benzene rings is 2. The topological polar surface area (TPSA) is 96.3 Å². The van der Waals surface area contributed by atoms with Crippen molar-refractivity contribution in [2.45, 2.75) is 44.2 Å². The molecule has 1 aliphatic carbocycles. The minimum absolute atomic E-state index is 0.336. The first kappa shape index (κ1) is 20.7. The Labute approximate surface area is 197 Å². The summed E-state index contributed by atoms with van der Waals surface area (Å²) in [6.07, 6.45) is 6.57. The van der Waals surface area contributed by atoms with Gasteiger partial charge in [-0.1, -0.05) is 36.4 Å². The molecular weight excluding hydrogens is 430 g/mol. The second kappa shape index (κ2) is 7.83. The maximum absolute atomic E-state index is 13.3. The Balaban J connectivity index is 1.17. The van der Waals surface area contributed by atoms with Gasteiger partial charge in [0, 0.05) is 30.4 Å². The van der Waals surface area contributed by atoms with E-state index in [-0.39, 0.29) is 12.5 Å². The number of amides is 4. The predicted octanol–water partition coefficient (Wildman–Crippen LogP) is 3.22. The predicted molar refractivity (Wildman–Crippen MR) is 126 cm³/mol. The van der Waals surface area contributed by atoms with Crippen LogP contribution in [0.2, 0.25) is 0 Å². The van der Waals surface area contributed by atoms with Gasteiger partial charge >= 0.3 is 6.03 Å². The van der Waals surface area contributed by atoms with Crippen LogP contribution in [0.15, 0.2) is 54.7 Å². The van der Waals surface area contributed by atoms with Gasteiger partial charge < -0.3 is 15.2 Å². The van der Waals surface area contributed by atoms with E-state index in [0.717, 1.165) is 58.9 Å². The van der Waals surface area contributed by atoms with Crippen molar-refractivity contribution in [3.05, 3.63) is 71.7 Å². The third kappa shape index (κ3) is 3.29. The van der Waals surface area contributed by atoms with Crippen LogP contribution >= 0.6 is 0 Å². The molecule has 1 unspecified atom stereocenters. The number of anilines is 1. The second-order valence-electron chi connectivity index (χ2n) is 9.21. The number of aromatic nitrogens is 2. The van der Waals surface area contributed by atoms with E-state index in [2.05, 4.69) is 21.4 Å². The molecule has 1 spiro atoms. The zero-order chi connectivity index (χ0) is 23.3. The maximum Gasteiger partial charge on any atom is 0.325 e. The Morgan fingerprint density at radius 1 is 1.09 bits per heavy atom. The van der Waals surface area contributed by atoms with Crippen LogP contribution in [0.25, 0.3) is 11.3 Å². The van der Waals surface area contributed by atoms with E-state index in [4.69, 9.17) is 4.98 Å². The van der Waals surface area contributed by atoms with Crippen LogP contribution in [0.4, 0.5) is 10.5 Å². The number of imide groups is 1. The number of nitrogens with one attached hydrogen (secondary N) is 2. The van der Waals surface area contributed by atoms with Crippen molar-refractivity contribution in [2.24, 2.45) is 0 Å². The minimum Gasteiger partial charge on any atom is -0.334 e. The number of fused-ring (bicyclic) bond motifs is 3. The molecule has 2 aliphatic heterocycles. The van der Waals surface area contributed by atoms with Crippen molar-refractivity contribution in [2.75, 3.05) is 11.9 Å². The highest BCUT2D eigenvalue weighted by molar-refractivity contribution is 6.11. The lowest BCUT2D eigenvalue weighted by Crippen LogP contribution is -2.42. The van der Waals surface area contributed by atoms with E-state index >= 15 is 0 Å². The number of carbonyl (C=O) groups is 3. The molecule has 172 valence electrons. The van der Waals surface area contributed by atoms with Crippen LogP contribution in [-0.2, 0) is 34.5 Å². The zero-order valence-electron chi connectivity index (χ0n) is 18.7. The van der Waals surface area contributed by atoms with E-state index < -0.39 is 17.5 Å². The summed E-state index contributed by atoms with van der Waals surface area (Å²) >= 11 is 0. The first-order valence-electron chi connectivity index (χ1n) is 11.7. The smallest absolute Gasteiger partial charge is 0.325 e. The molecule has 0 saturated carbocycles. The molecule has 3 aliphatic rings. The molecule has 0 radical (unpaired) electrons. The van der Waals surface area contributed by atoms with Gasteiger partial charge in [-0.15, -0.1) is 0 Å². The van der Waals surface area contributed by atoms with E-state index in [9.17, 15) is 14.4 Å². The fourth-order valence-electron chi connectivity index (χ4n) is 5.39. The average molecular weight is 456 g/mol. The Morgan fingerprint density at radius 2 is 1.97 bits per heavy atom. The third-order valence-electron chi connectivity index (χ3n) is 7.07. The van der Waals surface area contributed by atoms with Crippen molar-refractivity contribution in [1.82, 2.24) is 19.8 Å². The van der Waals surface area contributed by atoms with Crippen molar-refractivity contribution in [1.29, 1.82) is 0 Å². The molecule has 1 atom stereocenters. The van der Waals surface area contributed by atoms with Gasteiger partial charge in [0.2, 0.25) is 5.91 Å². The van der Waals surface area contributed by atoms with Crippen molar-refractivity contribution in [3.8, 4) is 11.3 Å². The third-order valence-corrected chi connectivity index (χ3v) is 7.07. The summed E-state index contributed by atoms with van der Waals surface area (Å²) in [6, 6.07) is 14.6. The van der Waals surface area contributed by atoms with E-state index in [0.29, 0.717) is 18.5 Å². The molecule has 4 amide bonds. The Morgan fingerprint density at radius 3 is 2.85 bits per heavy atom. The minimum atomic E-state index is -1.06. The quantitative estimate of drug-likeness (QED) is 0.591. The lowest BCUT2D eigenvalue weighted by atomic mass is 9.92. The first-order chi connectivity index (χ1) is 16.5. The molecule has 1 saturated heterocycles. The van der Waals surface area contributed by atoms with Gasteiger partial charge in [-0.2, -0.15) is 0 Å². The van der Waals surface area contributed by atoms with Gasteiger partial charge in [0.25, 0.3) is 5.91 Å². The molecule has 8 heteroatoms. The summed E-state index contributed by atoms with van der Waals surface area (Å²) in [5, 5.41) is 5.69. The van der Waals surface area contributed by atoms with Crippen molar-refractivity contribution < 1.29 is 14.4 Å². The van der Waals surface area contributed by atoms with E-state index in [1.54, 1.807) is 6.07 Å². The molecule has 2 aromatic carbocycles. The molecule has 0 bridgehead atoms. The number of rotatable bonds is 4. The molecular formula is C26H25N5O3. The fourth-order valence-corrected chi connectivity index (χ4v) is 5.39. The highest BCUT2D eigenvalue weighted by atomic mass is 16.2. The van der Waals surface area contributed by atoms with Gasteiger partial charge in [-0.25, -0.2) is 9.78 Å². The number of hydrogen-bond acceptors (Lipinski definition) is 4. The van der Waals surface area contributed by atoms with Gasteiger partial charge in [0.1, 0.15) is 17.9 Å². The molecule has 1 aromatic heterocycles. The summed E-state index contributed by atoms with van der Waals surface area (Å²) in [7, 11) is 0. The standard InChI is InChI=1S/C26H25N5O3/c32-23(16-31-24(33)26(29-25(31)34)12-11-17-6-1-2-9-20(17)26)27-19-8-5-7-18(14-19)21-15-30-13-4-3-10-22(30)28-21/h1-2,5-9,14-15H,3-4,10-13,16H2,(H,27,32)(H,29,34). The van der Waals surface area contributed by atoms with Crippen LogP contribution in [0.1, 0.15) is 36.2 Å². The van der Waals surface area contributed by atoms with Gasteiger partial charge in [-0.05, 0) is 48.9 Å². The fraction of sp³-hybridized carbons (Fsp3) is 0.308. The summed E-state index contributed by atoms with van der Waals surface area (Å²) in [6.45, 7) is 0.647. The molecule has 6 rings (SSSR count). The SMILES string of the molecule is O=C(CN1C(=O)NC2(CCc3ccccc32)C1=O)Nc1cccc(-c2cn3c(n2)CCCC3)c1. The number of hydrogen-bond donors (Lipinski definition) is 2. The molecule has 2 N–H and O–H groups in total. The van der Waals surface area contributed by atoms with Crippen molar-refractivity contribution >= 4 is 23.5 Å². The van der Waals surface area contributed by atoms with Crippen LogP contribution < -0.4 is 10.6 Å². The largest absolute Gasteiger partial charge is 0.334 e. The van der Waals surface area contributed by atoms with Gasteiger partial charge in [-0.3, -0.25) is 14.5 Å². The van der Waals surface area contributed by atoms with Crippen LogP contribution in [-0.4, -0.2) is 38.8 Å². The average Bonchev–Trinajstić information content (AvgIpc) is 3.51. The van der Waals surface area contributed by atoms with Gasteiger partial charge in [0.05, 0.1) is 5.69 Å². The Bertz CT molecular complexity index is 1310.